The molecule has 0 N–H and O–H groups in total. The summed E-state index contributed by atoms with van der Waals surface area (Å²) in [7, 11) is -7.80. The van der Waals surface area contributed by atoms with Crippen molar-refractivity contribution in [2.24, 2.45) is 0 Å². The number of halogens is 2. The first kappa shape index (κ1) is 23.6. The van der Waals surface area contributed by atoms with Crippen LogP contribution in [0.15, 0.2) is 0 Å². The molecule has 0 saturated carbocycles. The van der Waals surface area contributed by atoms with Crippen LogP contribution >= 0.6 is 0 Å². The molecule has 0 amide bonds. The maximum Gasteiger partial charge on any atom is 1.00 e. The zero-order valence-corrected chi connectivity index (χ0v) is 12.2. The summed E-state index contributed by atoms with van der Waals surface area (Å²) in [6.45, 7) is 0. The second-order valence-corrected chi connectivity index (χ2v) is 1.70. The van der Waals surface area contributed by atoms with Crippen LogP contribution < -0.4 is 114 Å². The molecular weight excluding hydrogens is 245 g/mol. The molecule has 0 saturated heterocycles. The van der Waals surface area contributed by atoms with Crippen molar-refractivity contribution in [2.45, 2.75) is 0 Å². The average Bonchev–Trinajstić information content (AvgIpc) is 1.19. The Labute approximate surface area is 132 Å². The van der Waals surface area contributed by atoms with Crippen molar-refractivity contribution in [1.29, 1.82) is 0 Å². The van der Waals surface area contributed by atoms with E-state index in [1.165, 1.54) is 0 Å². The van der Waals surface area contributed by atoms with Crippen molar-refractivity contribution in [3.8, 4) is 0 Å². The molecule has 0 spiro atoms. The molecule has 0 rings (SSSR count). The summed E-state index contributed by atoms with van der Waals surface area (Å²) in [4.78, 5) is 0. The van der Waals surface area contributed by atoms with E-state index < -0.39 is 21.0 Å². The molecule has 11 heavy (non-hydrogen) atoms. The van der Waals surface area contributed by atoms with Crippen LogP contribution in [0.2, 0.25) is 0 Å². The van der Waals surface area contributed by atoms with E-state index in [1.54, 1.807) is 0 Å². The third kappa shape index (κ3) is 179. The van der Waals surface area contributed by atoms with Gasteiger partial charge in [-0.3, -0.25) is 0 Å². The van der Waals surface area contributed by atoms with Crippen molar-refractivity contribution in [3.05, 3.63) is 0 Å². The smallest absolute Gasteiger partial charge is 0.357 e. The van der Waals surface area contributed by atoms with Crippen LogP contribution in [0.4, 0.5) is 0 Å². The number of hydrogen-bond donors (Lipinski definition) is 0. The second kappa shape index (κ2) is 12.9. The minimum atomic E-state index is -4.94. The molecule has 0 aromatic rings. The fourth-order valence-corrected chi connectivity index (χ4v) is 0. The quantitative estimate of drug-likeness (QED) is 0.382. The summed E-state index contributed by atoms with van der Waals surface area (Å²) in [5, 5.41) is 0. The molecule has 0 aromatic carbocycles. The van der Waals surface area contributed by atoms with Gasteiger partial charge in [0.25, 0.3) is 0 Å². The summed E-state index contributed by atoms with van der Waals surface area (Å²) in [5.41, 5.74) is 0. The van der Waals surface area contributed by atoms with Crippen LogP contribution in [0.5, 0.6) is 0 Å². The first-order valence-electron chi connectivity index (χ1n) is 1.08. The van der Waals surface area contributed by atoms with Gasteiger partial charge in [-0.05, 0) is 0 Å². The van der Waals surface area contributed by atoms with Crippen molar-refractivity contribution < 1.29 is 135 Å². The third-order valence-corrected chi connectivity index (χ3v) is 0. The fraction of sp³-hybridized carbons (Fsp3) is 0. The molecule has 0 aliphatic rings. The fourth-order valence-electron chi connectivity index (χ4n) is 0. The summed E-state index contributed by atoms with van der Waals surface area (Å²) in [5.74, 6) is 0. The predicted octanol–water partition coefficient (Wildman–Crippen LogP) is -14.3. The number of hydrogen-bond acceptors (Lipinski definition) is 7. The third-order valence-electron chi connectivity index (χ3n) is 0. The zero-order chi connectivity index (χ0) is 8.08. The van der Waals surface area contributed by atoms with Crippen LogP contribution in [-0.4, -0.2) is 0 Å². The standard InChI is InChI=1S/ClHO4.ClO3.K.Na/c2-1(3,4)5;2-1(3)4;;/h(H,2,3,4,5);;;/q;-1;2*+1/p-1. The minimum absolute atomic E-state index is 0. The molecule has 0 aliphatic heterocycles. The number of rotatable bonds is 0. The van der Waals surface area contributed by atoms with Gasteiger partial charge in [0.05, 0.1) is 10.8 Å². The Kier molecular flexibility index (Phi) is 27.8. The molecule has 58 valence electrons. The molecule has 11 heteroatoms. The van der Waals surface area contributed by atoms with Gasteiger partial charge in [-0.25, -0.2) is 18.6 Å². The molecule has 0 bridgehead atoms. The average molecular weight is 245 g/mol. The summed E-state index contributed by atoms with van der Waals surface area (Å²) < 4.78 is 59.2. The van der Waals surface area contributed by atoms with E-state index in [1.807, 2.05) is 0 Å². The second-order valence-electron chi connectivity index (χ2n) is 0.567. The van der Waals surface area contributed by atoms with E-state index in [0.717, 1.165) is 0 Å². The molecule has 7 nitrogen and oxygen atoms in total. The maximum absolute atomic E-state index is 8.49. The van der Waals surface area contributed by atoms with Crippen LogP contribution in [0.25, 0.3) is 0 Å². The minimum Gasteiger partial charge on any atom is -0.357 e. The summed E-state index contributed by atoms with van der Waals surface area (Å²) >= 11 is 0. The predicted molar refractivity (Wildman–Crippen MR) is 0 cm³/mol. The zero-order valence-electron chi connectivity index (χ0n) is 5.61. The summed E-state index contributed by atoms with van der Waals surface area (Å²) in [6, 6.07) is 0. The Balaban J connectivity index is -0.0000000383. The van der Waals surface area contributed by atoms with Crippen molar-refractivity contribution in [2.75, 3.05) is 0 Å². The maximum atomic E-state index is 8.49. The first-order chi connectivity index (χ1) is 3.73. The van der Waals surface area contributed by atoms with Gasteiger partial charge in [-0.2, -0.15) is 0 Å². The SMILES string of the molecule is [K+].[Na+].[O-][Cl+2]([O-])[O-].[O-][Cl+3]([O-])([O-])[O-]. The Morgan fingerprint density at radius 3 is 0.818 bits per heavy atom. The van der Waals surface area contributed by atoms with Gasteiger partial charge in [0.2, 0.25) is 0 Å². The van der Waals surface area contributed by atoms with Gasteiger partial charge in [0.1, 0.15) is 0 Å². The van der Waals surface area contributed by atoms with E-state index in [4.69, 9.17) is 32.6 Å². The molecular formula is Cl2KNaO7. The summed E-state index contributed by atoms with van der Waals surface area (Å²) in [6.07, 6.45) is 0. The van der Waals surface area contributed by atoms with Crippen LogP contribution in [0, 0.1) is 21.0 Å². The van der Waals surface area contributed by atoms with Gasteiger partial charge in [-0.1, -0.05) is 0 Å². The molecule has 0 aromatic heterocycles. The van der Waals surface area contributed by atoms with Crippen LogP contribution in [0.3, 0.4) is 0 Å². The van der Waals surface area contributed by atoms with Crippen molar-refractivity contribution in [1.82, 2.24) is 0 Å². The van der Waals surface area contributed by atoms with Gasteiger partial charge < -0.3 is 14.0 Å². The van der Waals surface area contributed by atoms with E-state index in [2.05, 4.69) is 0 Å². The Hall–Kier alpha value is 2.94. The Morgan fingerprint density at radius 1 is 0.818 bits per heavy atom. The normalized spacial score (nSPS) is 8.73. The van der Waals surface area contributed by atoms with Crippen LogP contribution in [0.1, 0.15) is 0 Å². The topological polar surface area (TPSA) is 161 Å². The van der Waals surface area contributed by atoms with E-state index in [-0.39, 0.29) is 80.9 Å². The first-order valence-corrected chi connectivity index (χ1v) is 3.24. The molecule has 0 heterocycles. The van der Waals surface area contributed by atoms with Gasteiger partial charge in [0.15, 0.2) is 0 Å². The monoisotopic (exact) mass is 244 g/mol. The van der Waals surface area contributed by atoms with E-state index >= 15 is 0 Å². The molecule has 0 radical (unpaired) electrons. The van der Waals surface area contributed by atoms with E-state index in [0.29, 0.717) is 0 Å². The van der Waals surface area contributed by atoms with Crippen molar-refractivity contribution >= 4 is 0 Å². The Morgan fingerprint density at radius 2 is 0.818 bits per heavy atom. The van der Waals surface area contributed by atoms with E-state index in [9.17, 15) is 0 Å². The molecule has 0 fully saturated rings. The molecule has 0 aliphatic carbocycles. The van der Waals surface area contributed by atoms with Crippen molar-refractivity contribution in [3.63, 3.8) is 0 Å². The van der Waals surface area contributed by atoms with Crippen LogP contribution in [-0.2, 0) is 0 Å². The molecule has 0 unspecified atom stereocenters. The Bertz CT molecular complexity index is 53.2. The largest absolute Gasteiger partial charge is 1.00 e. The van der Waals surface area contributed by atoms with Gasteiger partial charge >= 0.3 is 80.9 Å². The molecule has 0 atom stereocenters. The van der Waals surface area contributed by atoms with Gasteiger partial charge in [0, 0.05) is 0 Å². The van der Waals surface area contributed by atoms with Gasteiger partial charge in [-0.15, -0.1) is 10.2 Å².